The van der Waals surface area contributed by atoms with Gasteiger partial charge in [-0.2, -0.15) is 0 Å². The largest absolute Gasteiger partial charge is 0.480 e. The zero-order valence-electron chi connectivity index (χ0n) is 10.1. The van der Waals surface area contributed by atoms with Gasteiger partial charge in [-0.25, -0.2) is 0 Å². The maximum Gasteiger partial charge on any atom is 0.324 e. The molecule has 0 spiro atoms. The first-order valence-electron chi connectivity index (χ1n) is 5.63. The van der Waals surface area contributed by atoms with Gasteiger partial charge < -0.3 is 10.8 Å². The third-order valence-electron chi connectivity index (χ3n) is 2.75. The molecule has 0 aliphatic rings. The Morgan fingerprint density at radius 3 is 2.61 bits per heavy atom. The van der Waals surface area contributed by atoms with Crippen LogP contribution in [0.15, 0.2) is 47.4 Å². The summed E-state index contributed by atoms with van der Waals surface area (Å²) < 4.78 is 0. The molecule has 0 aromatic heterocycles. The molecule has 4 heteroatoms. The second kappa shape index (κ2) is 5.00. The van der Waals surface area contributed by atoms with Crippen LogP contribution in [-0.4, -0.2) is 22.4 Å². The summed E-state index contributed by atoms with van der Waals surface area (Å²) in [5.74, 6) is -0.628. The van der Waals surface area contributed by atoms with Crippen LogP contribution in [0.4, 0.5) is 0 Å². The van der Waals surface area contributed by atoms with Crippen molar-refractivity contribution in [1.82, 2.24) is 0 Å². The molecule has 0 heterocycles. The van der Waals surface area contributed by atoms with Crippen LogP contribution >= 0.6 is 11.8 Å². The number of thioether (sulfide) groups is 1. The summed E-state index contributed by atoms with van der Waals surface area (Å²) in [4.78, 5) is 12.0. The van der Waals surface area contributed by atoms with Gasteiger partial charge in [0.05, 0.1) is 0 Å². The molecule has 0 bridgehead atoms. The van der Waals surface area contributed by atoms with E-state index >= 15 is 0 Å². The Morgan fingerprint density at radius 1 is 1.28 bits per heavy atom. The molecule has 2 rings (SSSR count). The number of carboxylic acid groups (broad SMARTS) is 1. The van der Waals surface area contributed by atoms with E-state index in [1.54, 1.807) is 0 Å². The molecular formula is C14H15NO2S. The predicted molar refractivity (Wildman–Crippen MR) is 74.9 cm³/mol. The highest BCUT2D eigenvalue weighted by molar-refractivity contribution is 7.99. The van der Waals surface area contributed by atoms with Crippen molar-refractivity contribution >= 4 is 28.5 Å². The molecule has 0 radical (unpaired) electrons. The highest BCUT2D eigenvalue weighted by Gasteiger charge is 2.27. The Hall–Kier alpha value is -1.52. The second-order valence-corrected chi connectivity index (χ2v) is 5.57. The number of carboxylic acids is 1. The molecule has 0 aliphatic carbocycles. The minimum atomic E-state index is -1.20. The van der Waals surface area contributed by atoms with Gasteiger partial charge in [-0.05, 0) is 29.8 Å². The summed E-state index contributed by atoms with van der Waals surface area (Å²) in [6.45, 7) is 1.53. The highest BCUT2D eigenvalue weighted by atomic mass is 32.2. The fraction of sp³-hybridized carbons (Fsp3) is 0.214. The SMILES string of the molecule is CC(N)(CSc1ccc2ccccc2c1)C(=O)O. The van der Waals surface area contributed by atoms with Gasteiger partial charge in [0.1, 0.15) is 5.54 Å². The van der Waals surface area contributed by atoms with E-state index in [-0.39, 0.29) is 0 Å². The van der Waals surface area contributed by atoms with Crippen LogP contribution in [0.25, 0.3) is 10.8 Å². The lowest BCUT2D eigenvalue weighted by Crippen LogP contribution is -2.47. The van der Waals surface area contributed by atoms with Crippen molar-refractivity contribution < 1.29 is 9.90 Å². The van der Waals surface area contributed by atoms with E-state index in [9.17, 15) is 4.79 Å². The lowest BCUT2D eigenvalue weighted by atomic mass is 10.1. The summed E-state index contributed by atoms with van der Waals surface area (Å²) in [6.07, 6.45) is 0. The van der Waals surface area contributed by atoms with Crippen LogP contribution in [0.2, 0.25) is 0 Å². The quantitative estimate of drug-likeness (QED) is 0.831. The van der Waals surface area contributed by atoms with Crippen LogP contribution in [0, 0.1) is 0 Å². The number of hydrogen-bond acceptors (Lipinski definition) is 3. The predicted octanol–water partition coefficient (Wildman–Crippen LogP) is 2.73. The first-order chi connectivity index (χ1) is 8.49. The Morgan fingerprint density at radius 2 is 1.94 bits per heavy atom. The van der Waals surface area contributed by atoms with Gasteiger partial charge >= 0.3 is 5.97 Å². The van der Waals surface area contributed by atoms with Gasteiger partial charge in [0.2, 0.25) is 0 Å². The third kappa shape index (κ3) is 2.83. The summed E-state index contributed by atoms with van der Waals surface area (Å²) in [6, 6.07) is 14.2. The van der Waals surface area contributed by atoms with Crippen molar-refractivity contribution in [3.63, 3.8) is 0 Å². The Balaban J connectivity index is 2.15. The van der Waals surface area contributed by atoms with E-state index in [0.29, 0.717) is 5.75 Å². The van der Waals surface area contributed by atoms with E-state index in [1.165, 1.54) is 24.1 Å². The number of aliphatic carboxylic acids is 1. The topological polar surface area (TPSA) is 63.3 Å². The van der Waals surface area contributed by atoms with E-state index in [0.717, 1.165) is 10.3 Å². The van der Waals surface area contributed by atoms with Crippen LogP contribution in [0.5, 0.6) is 0 Å². The van der Waals surface area contributed by atoms with Gasteiger partial charge in [0.25, 0.3) is 0 Å². The van der Waals surface area contributed by atoms with E-state index < -0.39 is 11.5 Å². The van der Waals surface area contributed by atoms with Crippen molar-refractivity contribution in [3.05, 3.63) is 42.5 Å². The molecule has 1 unspecified atom stereocenters. The second-order valence-electron chi connectivity index (χ2n) is 4.52. The molecule has 18 heavy (non-hydrogen) atoms. The normalized spacial score (nSPS) is 14.3. The smallest absolute Gasteiger partial charge is 0.324 e. The maximum absolute atomic E-state index is 10.9. The number of benzene rings is 2. The molecule has 3 nitrogen and oxygen atoms in total. The third-order valence-corrected chi connectivity index (χ3v) is 4.08. The van der Waals surface area contributed by atoms with Gasteiger partial charge in [-0.3, -0.25) is 4.79 Å². The van der Waals surface area contributed by atoms with E-state index in [1.807, 2.05) is 36.4 Å². The molecule has 0 aliphatic heterocycles. The molecule has 3 N–H and O–H groups in total. The van der Waals surface area contributed by atoms with Gasteiger partial charge in [0, 0.05) is 10.6 Å². The van der Waals surface area contributed by atoms with E-state index in [4.69, 9.17) is 10.8 Å². The Labute approximate surface area is 110 Å². The minimum Gasteiger partial charge on any atom is -0.480 e. The molecular weight excluding hydrogens is 246 g/mol. The standard InChI is InChI=1S/C14H15NO2S/c1-14(15,13(16)17)9-18-12-7-6-10-4-2-3-5-11(10)8-12/h2-8H,9,15H2,1H3,(H,16,17). The van der Waals surface area contributed by atoms with Crippen LogP contribution in [-0.2, 0) is 4.79 Å². The minimum absolute atomic E-state index is 0.348. The van der Waals surface area contributed by atoms with Crippen molar-refractivity contribution in [3.8, 4) is 0 Å². The molecule has 0 amide bonds. The van der Waals surface area contributed by atoms with Gasteiger partial charge in [-0.1, -0.05) is 30.3 Å². The van der Waals surface area contributed by atoms with Crippen LogP contribution < -0.4 is 5.73 Å². The molecule has 94 valence electrons. The zero-order chi connectivity index (χ0) is 13.2. The van der Waals surface area contributed by atoms with Gasteiger partial charge in [-0.15, -0.1) is 11.8 Å². The van der Waals surface area contributed by atoms with Crippen molar-refractivity contribution in [2.45, 2.75) is 17.4 Å². The number of rotatable bonds is 4. The lowest BCUT2D eigenvalue weighted by molar-refractivity contribution is -0.141. The van der Waals surface area contributed by atoms with Crippen molar-refractivity contribution in [2.75, 3.05) is 5.75 Å². The summed E-state index contributed by atoms with van der Waals surface area (Å²) in [5, 5.41) is 11.3. The fourth-order valence-electron chi connectivity index (χ4n) is 1.55. The lowest BCUT2D eigenvalue weighted by Gasteiger charge is -2.18. The number of carbonyl (C=O) groups is 1. The molecule has 2 aromatic carbocycles. The number of nitrogens with two attached hydrogens (primary N) is 1. The highest BCUT2D eigenvalue weighted by Crippen LogP contribution is 2.25. The van der Waals surface area contributed by atoms with Crippen molar-refractivity contribution in [2.24, 2.45) is 5.73 Å². The average Bonchev–Trinajstić information content (AvgIpc) is 2.36. The van der Waals surface area contributed by atoms with Gasteiger partial charge in [0.15, 0.2) is 0 Å². The van der Waals surface area contributed by atoms with E-state index in [2.05, 4.69) is 6.07 Å². The van der Waals surface area contributed by atoms with Crippen LogP contribution in [0.1, 0.15) is 6.92 Å². The summed E-state index contributed by atoms with van der Waals surface area (Å²) in [7, 11) is 0. The molecule has 0 saturated carbocycles. The number of fused-ring (bicyclic) bond motifs is 1. The summed E-state index contributed by atoms with van der Waals surface area (Å²) >= 11 is 1.46. The molecule has 1 atom stereocenters. The van der Waals surface area contributed by atoms with Crippen molar-refractivity contribution in [1.29, 1.82) is 0 Å². The first kappa shape index (κ1) is 12.9. The monoisotopic (exact) mass is 261 g/mol. The Kier molecular flexibility index (Phi) is 3.59. The average molecular weight is 261 g/mol. The Bertz CT molecular complexity index is 581. The molecule has 0 saturated heterocycles. The summed E-state index contributed by atoms with van der Waals surface area (Å²) in [5.41, 5.74) is 4.50. The zero-order valence-corrected chi connectivity index (χ0v) is 10.9. The number of hydrogen-bond donors (Lipinski definition) is 2. The molecule has 0 fully saturated rings. The molecule has 2 aromatic rings. The fourth-order valence-corrected chi connectivity index (χ4v) is 2.52. The van der Waals surface area contributed by atoms with Crippen LogP contribution in [0.3, 0.4) is 0 Å². The maximum atomic E-state index is 10.9. The first-order valence-corrected chi connectivity index (χ1v) is 6.61.